The van der Waals surface area contributed by atoms with Crippen LogP contribution in [0.25, 0.3) is 0 Å². The number of carbonyl (C=O) groups excluding carboxylic acids is 1. The van der Waals surface area contributed by atoms with Gasteiger partial charge >= 0.3 is 0 Å². The SMILES string of the molecule is COCCN(Cc1ccoc1)C(=O)CSCc1ccccc1. The molecule has 0 saturated heterocycles. The van der Waals surface area contributed by atoms with E-state index in [1.165, 1.54) is 5.56 Å². The molecule has 22 heavy (non-hydrogen) atoms. The predicted molar refractivity (Wildman–Crippen MR) is 88.6 cm³/mol. The number of nitrogens with zero attached hydrogens (tertiary/aromatic N) is 1. The van der Waals surface area contributed by atoms with Crippen molar-refractivity contribution < 1.29 is 13.9 Å². The van der Waals surface area contributed by atoms with Crippen molar-refractivity contribution in [3.63, 3.8) is 0 Å². The van der Waals surface area contributed by atoms with Crippen LogP contribution in [0.15, 0.2) is 53.3 Å². The minimum absolute atomic E-state index is 0.124. The van der Waals surface area contributed by atoms with Crippen LogP contribution in [-0.4, -0.2) is 36.8 Å². The summed E-state index contributed by atoms with van der Waals surface area (Å²) in [5.74, 6) is 1.44. The predicted octanol–water partition coefficient (Wildman–Crippen LogP) is 3.19. The van der Waals surface area contributed by atoms with Crippen molar-refractivity contribution in [1.29, 1.82) is 0 Å². The Balaban J connectivity index is 1.82. The smallest absolute Gasteiger partial charge is 0.232 e. The van der Waals surface area contributed by atoms with Crippen molar-refractivity contribution in [3.8, 4) is 0 Å². The lowest BCUT2D eigenvalue weighted by atomic mass is 10.2. The van der Waals surface area contributed by atoms with E-state index in [1.807, 2.05) is 29.2 Å². The Morgan fingerprint density at radius 1 is 1.23 bits per heavy atom. The fraction of sp³-hybridized carbons (Fsp3) is 0.353. The molecule has 2 rings (SSSR count). The second kappa shape index (κ2) is 9.33. The number of rotatable bonds is 9. The second-order valence-electron chi connectivity index (χ2n) is 4.92. The lowest BCUT2D eigenvalue weighted by Crippen LogP contribution is -2.34. The molecule has 1 heterocycles. The van der Waals surface area contributed by atoms with Crippen LogP contribution >= 0.6 is 11.8 Å². The molecule has 0 unspecified atom stereocenters. The minimum atomic E-state index is 0.124. The topological polar surface area (TPSA) is 42.7 Å². The summed E-state index contributed by atoms with van der Waals surface area (Å²) < 4.78 is 10.2. The zero-order chi connectivity index (χ0) is 15.6. The Kier molecular flexibility index (Phi) is 7.06. The molecule has 0 aliphatic carbocycles. The van der Waals surface area contributed by atoms with Gasteiger partial charge in [-0.1, -0.05) is 30.3 Å². The van der Waals surface area contributed by atoms with Gasteiger partial charge in [-0.25, -0.2) is 0 Å². The summed E-state index contributed by atoms with van der Waals surface area (Å²) in [6.45, 7) is 1.68. The summed E-state index contributed by atoms with van der Waals surface area (Å²) in [5.41, 5.74) is 2.23. The van der Waals surface area contributed by atoms with Gasteiger partial charge in [0.25, 0.3) is 0 Å². The highest BCUT2D eigenvalue weighted by molar-refractivity contribution is 7.99. The highest BCUT2D eigenvalue weighted by atomic mass is 32.2. The van der Waals surface area contributed by atoms with Gasteiger partial charge in [0.15, 0.2) is 0 Å². The van der Waals surface area contributed by atoms with Crippen LogP contribution in [0.2, 0.25) is 0 Å². The third-order valence-corrected chi connectivity index (χ3v) is 4.20. The molecular formula is C17H21NO3S. The van der Waals surface area contributed by atoms with Crippen molar-refractivity contribution >= 4 is 17.7 Å². The van der Waals surface area contributed by atoms with Gasteiger partial charge < -0.3 is 14.1 Å². The monoisotopic (exact) mass is 319 g/mol. The second-order valence-corrected chi connectivity index (χ2v) is 5.90. The molecule has 0 spiro atoms. The molecule has 2 aromatic rings. The summed E-state index contributed by atoms with van der Waals surface area (Å²) in [7, 11) is 1.64. The standard InChI is InChI=1S/C17H21NO3S/c1-20-10-8-18(11-16-7-9-21-12-16)17(19)14-22-13-15-5-3-2-4-6-15/h2-7,9,12H,8,10-11,13-14H2,1H3. The van der Waals surface area contributed by atoms with Crippen molar-refractivity contribution in [2.24, 2.45) is 0 Å². The first-order chi connectivity index (χ1) is 10.8. The molecular weight excluding hydrogens is 298 g/mol. The maximum Gasteiger partial charge on any atom is 0.232 e. The molecule has 4 nitrogen and oxygen atoms in total. The molecule has 1 aromatic carbocycles. The van der Waals surface area contributed by atoms with Crippen molar-refractivity contribution in [1.82, 2.24) is 4.90 Å². The van der Waals surface area contributed by atoms with Crippen LogP contribution in [0.3, 0.4) is 0 Å². The Hall–Kier alpha value is -1.72. The van der Waals surface area contributed by atoms with E-state index in [0.29, 0.717) is 25.4 Å². The zero-order valence-electron chi connectivity index (χ0n) is 12.7. The Morgan fingerprint density at radius 3 is 2.73 bits per heavy atom. The Morgan fingerprint density at radius 2 is 2.05 bits per heavy atom. The number of methoxy groups -OCH3 is 1. The maximum absolute atomic E-state index is 12.4. The van der Waals surface area contributed by atoms with Crippen LogP contribution in [0.5, 0.6) is 0 Å². The van der Waals surface area contributed by atoms with Gasteiger partial charge in [0.2, 0.25) is 5.91 Å². The van der Waals surface area contributed by atoms with Crippen LogP contribution in [-0.2, 0) is 21.8 Å². The van der Waals surface area contributed by atoms with E-state index in [9.17, 15) is 4.79 Å². The zero-order valence-corrected chi connectivity index (χ0v) is 13.6. The highest BCUT2D eigenvalue weighted by Gasteiger charge is 2.14. The quantitative estimate of drug-likeness (QED) is 0.712. The van der Waals surface area contributed by atoms with E-state index in [2.05, 4.69) is 12.1 Å². The summed E-state index contributed by atoms with van der Waals surface area (Å²) in [5, 5.41) is 0. The first-order valence-electron chi connectivity index (χ1n) is 7.19. The minimum Gasteiger partial charge on any atom is -0.472 e. The average Bonchev–Trinajstić information content (AvgIpc) is 3.05. The lowest BCUT2D eigenvalue weighted by Gasteiger charge is -2.21. The van der Waals surface area contributed by atoms with Crippen LogP contribution in [0.1, 0.15) is 11.1 Å². The van der Waals surface area contributed by atoms with Crippen molar-refractivity contribution in [3.05, 3.63) is 60.1 Å². The van der Waals surface area contributed by atoms with E-state index in [1.54, 1.807) is 31.4 Å². The van der Waals surface area contributed by atoms with E-state index < -0.39 is 0 Å². The third kappa shape index (κ3) is 5.58. The molecule has 0 aliphatic heterocycles. The number of ether oxygens (including phenoxy) is 1. The first kappa shape index (κ1) is 16.6. The van der Waals surface area contributed by atoms with Gasteiger partial charge in [0.1, 0.15) is 0 Å². The van der Waals surface area contributed by atoms with Crippen LogP contribution in [0.4, 0.5) is 0 Å². The normalized spacial score (nSPS) is 10.6. The van der Waals surface area contributed by atoms with E-state index >= 15 is 0 Å². The molecule has 1 aromatic heterocycles. The van der Waals surface area contributed by atoms with Gasteiger partial charge in [-0.05, 0) is 11.6 Å². The first-order valence-corrected chi connectivity index (χ1v) is 8.34. The van der Waals surface area contributed by atoms with E-state index in [-0.39, 0.29) is 5.91 Å². The summed E-state index contributed by atoms with van der Waals surface area (Å²) in [6.07, 6.45) is 3.29. The number of hydrogen-bond acceptors (Lipinski definition) is 4. The molecule has 0 fully saturated rings. The lowest BCUT2D eigenvalue weighted by molar-refractivity contribution is -0.129. The molecule has 1 amide bonds. The maximum atomic E-state index is 12.4. The van der Waals surface area contributed by atoms with Gasteiger partial charge in [0.05, 0.1) is 24.9 Å². The molecule has 5 heteroatoms. The van der Waals surface area contributed by atoms with Crippen LogP contribution < -0.4 is 0 Å². The largest absolute Gasteiger partial charge is 0.472 e. The fourth-order valence-electron chi connectivity index (χ4n) is 2.02. The molecule has 0 aliphatic rings. The summed E-state index contributed by atoms with van der Waals surface area (Å²) in [6, 6.07) is 12.1. The van der Waals surface area contributed by atoms with E-state index in [0.717, 1.165) is 11.3 Å². The Labute approximate surface area is 135 Å². The number of thioether (sulfide) groups is 1. The molecule has 0 atom stereocenters. The molecule has 118 valence electrons. The van der Waals surface area contributed by atoms with Gasteiger partial charge in [-0.15, -0.1) is 11.8 Å². The van der Waals surface area contributed by atoms with Crippen molar-refractivity contribution in [2.75, 3.05) is 26.0 Å². The number of furan rings is 1. The molecule has 0 bridgehead atoms. The number of carbonyl (C=O) groups is 1. The average molecular weight is 319 g/mol. The van der Waals surface area contributed by atoms with Crippen LogP contribution in [0, 0.1) is 0 Å². The summed E-state index contributed by atoms with van der Waals surface area (Å²) >= 11 is 1.63. The number of hydrogen-bond donors (Lipinski definition) is 0. The van der Waals surface area contributed by atoms with Gasteiger partial charge in [-0.2, -0.15) is 0 Å². The number of benzene rings is 1. The molecule has 0 radical (unpaired) electrons. The fourth-order valence-corrected chi connectivity index (χ4v) is 2.91. The van der Waals surface area contributed by atoms with Crippen molar-refractivity contribution in [2.45, 2.75) is 12.3 Å². The van der Waals surface area contributed by atoms with E-state index in [4.69, 9.17) is 9.15 Å². The molecule has 0 N–H and O–H groups in total. The number of amides is 1. The highest BCUT2D eigenvalue weighted by Crippen LogP contribution is 2.14. The third-order valence-electron chi connectivity index (χ3n) is 3.21. The Bertz CT molecular complexity index is 542. The molecule has 0 saturated carbocycles. The van der Waals surface area contributed by atoms with Gasteiger partial charge in [0, 0.05) is 31.5 Å². The van der Waals surface area contributed by atoms with Gasteiger partial charge in [-0.3, -0.25) is 4.79 Å². The summed E-state index contributed by atoms with van der Waals surface area (Å²) in [4.78, 5) is 14.2.